The van der Waals surface area contributed by atoms with E-state index in [1.807, 2.05) is 0 Å². The zero-order valence-corrected chi connectivity index (χ0v) is 14.8. The molecule has 0 bridgehead atoms. The molecule has 1 aliphatic heterocycles. The highest BCUT2D eigenvalue weighted by Gasteiger charge is 2.24. The first-order valence-corrected chi connectivity index (χ1v) is 8.82. The third-order valence-electron chi connectivity index (χ3n) is 4.58. The highest BCUT2D eigenvalue weighted by Crippen LogP contribution is 2.08. The minimum atomic E-state index is -0.508. The fraction of sp³-hybridized carbons (Fsp3) is 0.588. The number of carbonyl (C=O) groups excluding carboxylic acids is 2. The van der Waals surface area contributed by atoms with Gasteiger partial charge in [-0.1, -0.05) is 0 Å². The van der Waals surface area contributed by atoms with Crippen LogP contribution in [0.3, 0.4) is 0 Å². The summed E-state index contributed by atoms with van der Waals surface area (Å²) in [5.41, 5.74) is 10.7. The van der Waals surface area contributed by atoms with Crippen molar-refractivity contribution in [1.29, 1.82) is 0 Å². The number of amides is 2. The van der Waals surface area contributed by atoms with Crippen molar-refractivity contribution < 1.29 is 14.7 Å². The van der Waals surface area contributed by atoms with Crippen molar-refractivity contribution in [3.63, 3.8) is 0 Å². The van der Waals surface area contributed by atoms with Crippen LogP contribution in [0.1, 0.15) is 19.3 Å². The molecule has 26 heavy (non-hydrogen) atoms. The van der Waals surface area contributed by atoms with E-state index in [0.717, 1.165) is 0 Å². The molecule has 2 rings (SSSR count). The van der Waals surface area contributed by atoms with Crippen molar-refractivity contribution in [2.75, 3.05) is 32.7 Å². The molecule has 1 aromatic rings. The first-order chi connectivity index (χ1) is 12.4. The van der Waals surface area contributed by atoms with Crippen molar-refractivity contribution in [1.82, 2.24) is 14.4 Å². The van der Waals surface area contributed by atoms with Crippen LogP contribution in [0.2, 0.25) is 0 Å². The van der Waals surface area contributed by atoms with E-state index >= 15 is 0 Å². The molecule has 1 atom stereocenters. The average Bonchev–Trinajstić information content (AvgIpc) is 2.66. The van der Waals surface area contributed by atoms with Gasteiger partial charge in [-0.25, -0.2) is 0 Å². The van der Waals surface area contributed by atoms with Crippen LogP contribution in [0, 0.1) is 0 Å². The van der Waals surface area contributed by atoms with Crippen LogP contribution < -0.4 is 17.0 Å². The molecule has 2 amide bonds. The fourth-order valence-corrected chi connectivity index (χ4v) is 2.86. The molecule has 9 nitrogen and oxygen atoms in total. The molecule has 0 spiro atoms. The topological polar surface area (TPSA) is 135 Å². The molecule has 0 radical (unpaired) electrons. The Kier molecular flexibility index (Phi) is 7.16. The summed E-state index contributed by atoms with van der Waals surface area (Å²) in [5, 5.41) is 9.41. The van der Waals surface area contributed by atoms with Crippen molar-refractivity contribution >= 4 is 11.8 Å². The van der Waals surface area contributed by atoms with Gasteiger partial charge in [0.15, 0.2) is 5.75 Å². The summed E-state index contributed by atoms with van der Waals surface area (Å²) in [6.45, 7) is 2.51. The summed E-state index contributed by atoms with van der Waals surface area (Å²) >= 11 is 0. The standard InChI is InChI=1S/C17H27N5O4/c18-12-13(19)3-4-15(24)20-8-10-21(11-9-20)16(25)5-7-22-6-1-2-14(23)17(22)26/h1-2,6,13,23H,3-5,7-12,18-19H2. The van der Waals surface area contributed by atoms with Gasteiger partial charge < -0.3 is 30.9 Å². The maximum absolute atomic E-state index is 12.3. The second kappa shape index (κ2) is 9.35. The van der Waals surface area contributed by atoms with Crippen molar-refractivity contribution in [2.45, 2.75) is 31.8 Å². The molecular weight excluding hydrogens is 338 g/mol. The monoisotopic (exact) mass is 365 g/mol. The third kappa shape index (κ3) is 5.30. The van der Waals surface area contributed by atoms with E-state index in [0.29, 0.717) is 45.6 Å². The number of piperazine rings is 1. The number of nitrogens with zero attached hydrogens (tertiary/aromatic N) is 3. The van der Waals surface area contributed by atoms with Crippen LogP contribution in [0.15, 0.2) is 23.1 Å². The van der Waals surface area contributed by atoms with E-state index in [1.54, 1.807) is 15.9 Å². The summed E-state index contributed by atoms with van der Waals surface area (Å²) in [6, 6.07) is 2.71. The minimum Gasteiger partial charge on any atom is -0.503 e. The minimum absolute atomic E-state index is 0.0345. The van der Waals surface area contributed by atoms with Crippen LogP contribution in [-0.4, -0.2) is 70.1 Å². The predicted molar refractivity (Wildman–Crippen MR) is 96.4 cm³/mol. The number of aromatic hydroxyl groups is 1. The molecule has 0 aromatic carbocycles. The maximum Gasteiger partial charge on any atom is 0.292 e. The molecule has 1 fully saturated rings. The summed E-state index contributed by atoms with van der Waals surface area (Å²) in [5.74, 6) is -0.369. The Labute approximate surface area is 152 Å². The largest absolute Gasteiger partial charge is 0.503 e. The Hall–Kier alpha value is -2.39. The van der Waals surface area contributed by atoms with Crippen LogP contribution in [0.4, 0.5) is 0 Å². The number of aryl methyl sites for hydroxylation is 1. The Morgan fingerprint density at radius 1 is 1.12 bits per heavy atom. The number of hydrogen-bond donors (Lipinski definition) is 3. The molecule has 5 N–H and O–H groups in total. The first kappa shape index (κ1) is 19.9. The predicted octanol–water partition coefficient (Wildman–Crippen LogP) is -1.32. The summed E-state index contributed by atoms with van der Waals surface area (Å²) in [6.07, 6.45) is 2.64. The SMILES string of the molecule is NCC(N)CCC(=O)N1CCN(C(=O)CCn2cccc(O)c2=O)CC1. The lowest BCUT2D eigenvalue weighted by Gasteiger charge is -2.35. The molecular formula is C17H27N5O4. The van der Waals surface area contributed by atoms with Gasteiger partial charge in [-0.15, -0.1) is 0 Å². The van der Waals surface area contributed by atoms with Gasteiger partial charge in [-0.05, 0) is 18.6 Å². The molecule has 0 saturated carbocycles. The van der Waals surface area contributed by atoms with E-state index in [1.165, 1.54) is 16.8 Å². The number of carbonyl (C=O) groups is 2. The van der Waals surface area contributed by atoms with Gasteiger partial charge in [0.2, 0.25) is 11.8 Å². The molecule has 9 heteroatoms. The van der Waals surface area contributed by atoms with Gasteiger partial charge in [0.05, 0.1) is 0 Å². The average molecular weight is 365 g/mol. The normalized spacial score (nSPS) is 15.8. The smallest absolute Gasteiger partial charge is 0.292 e. The molecule has 2 heterocycles. The molecule has 0 aliphatic carbocycles. The van der Waals surface area contributed by atoms with Gasteiger partial charge in [0.1, 0.15) is 0 Å². The van der Waals surface area contributed by atoms with Crippen molar-refractivity contribution in [3.05, 3.63) is 28.7 Å². The van der Waals surface area contributed by atoms with E-state index < -0.39 is 5.56 Å². The van der Waals surface area contributed by atoms with Crippen LogP contribution >= 0.6 is 0 Å². The lowest BCUT2D eigenvalue weighted by molar-refractivity contribution is -0.139. The van der Waals surface area contributed by atoms with Gasteiger partial charge >= 0.3 is 0 Å². The third-order valence-corrected chi connectivity index (χ3v) is 4.58. The van der Waals surface area contributed by atoms with Gasteiger partial charge in [-0.2, -0.15) is 0 Å². The molecule has 1 aliphatic rings. The van der Waals surface area contributed by atoms with Crippen molar-refractivity contribution in [2.24, 2.45) is 11.5 Å². The zero-order valence-electron chi connectivity index (χ0n) is 14.8. The lowest BCUT2D eigenvalue weighted by atomic mass is 10.1. The molecule has 144 valence electrons. The van der Waals surface area contributed by atoms with E-state index in [9.17, 15) is 19.5 Å². The van der Waals surface area contributed by atoms with Crippen molar-refractivity contribution in [3.8, 4) is 5.75 Å². The molecule has 1 saturated heterocycles. The van der Waals surface area contributed by atoms with Crippen LogP contribution in [0.5, 0.6) is 5.75 Å². The van der Waals surface area contributed by atoms with Crippen LogP contribution in [-0.2, 0) is 16.1 Å². The number of hydrogen-bond acceptors (Lipinski definition) is 6. The Balaban J connectivity index is 1.76. The van der Waals surface area contributed by atoms with E-state index in [-0.39, 0.29) is 36.6 Å². The summed E-state index contributed by atoms with van der Waals surface area (Å²) < 4.78 is 1.31. The molecule has 1 aromatic heterocycles. The van der Waals surface area contributed by atoms with Gasteiger partial charge in [0, 0.05) is 64.3 Å². The zero-order chi connectivity index (χ0) is 19.1. The summed E-state index contributed by atoms with van der Waals surface area (Å²) in [7, 11) is 0. The number of aromatic nitrogens is 1. The number of nitrogens with two attached hydrogens (primary N) is 2. The highest BCUT2D eigenvalue weighted by molar-refractivity contribution is 5.78. The molecule has 1 unspecified atom stereocenters. The summed E-state index contributed by atoms with van der Waals surface area (Å²) in [4.78, 5) is 39.6. The number of rotatable bonds is 7. The Morgan fingerprint density at radius 3 is 2.27 bits per heavy atom. The second-order valence-electron chi connectivity index (χ2n) is 6.44. The number of pyridine rings is 1. The van der Waals surface area contributed by atoms with E-state index in [2.05, 4.69) is 0 Å². The fourth-order valence-electron chi connectivity index (χ4n) is 2.86. The van der Waals surface area contributed by atoms with Gasteiger partial charge in [0.25, 0.3) is 5.56 Å². The maximum atomic E-state index is 12.3. The quantitative estimate of drug-likeness (QED) is 0.549. The second-order valence-corrected chi connectivity index (χ2v) is 6.44. The first-order valence-electron chi connectivity index (χ1n) is 8.82. The Morgan fingerprint density at radius 2 is 1.69 bits per heavy atom. The Bertz CT molecular complexity index is 682. The lowest BCUT2D eigenvalue weighted by Crippen LogP contribution is -2.51. The van der Waals surface area contributed by atoms with Gasteiger partial charge in [-0.3, -0.25) is 14.4 Å². The highest BCUT2D eigenvalue weighted by atomic mass is 16.3. The van der Waals surface area contributed by atoms with Crippen LogP contribution in [0.25, 0.3) is 0 Å². The van der Waals surface area contributed by atoms with E-state index in [4.69, 9.17) is 11.5 Å².